The fourth-order valence-electron chi connectivity index (χ4n) is 3.00. The molecule has 0 aliphatic carbocycles. The molecule has 1 aliphatic rings. The molecular formula is C20H25FN4O. The Morgan fingerprint density at radius 2 is 1.85 bits per heavy atom. The number of amides is 1. The summed E-state index contributed by atoms with van der Waals surface area (Å²) >= 11 is 0. The van der Waals surface area contributed by atoms with Crippen LogP contribution in [0.25, 0.3) is 0 Å². The van der Waals surface area contributed by atoms with Crippen molar-refractivity contribution in [1.82, 2.24) is 10.3 Å². The molecule has 1 aliphatic heterocycles. The summed E-state index contributed by atoms with van der Waals surface area (Å²) in [5, 5.41) is 2.94. The molecule has 5 nitrogen and oxygen atoms in total. The first-order valence-corrected chi connectivity index (χ1v) is 9.10. The average Bonchev–Trinajstić information content (AvgIpc) is 2.68. The van der Waals surface area contributed by atoms with Crippen molar-refractivity contribution < 1.29 is 9.18 Å². The van der Waals surface area contributed by atoms with E-state index in [1.165, 1.54) is 6.07 Å². The lowest BCUT2D eigenvalue weighted by molar-refractivity contribution is 0.0939. The van der Waals surface area contributed by atoms with Crippen molar-refractivity contribution in [2.75, 3.05) is 36.0 Å². The minimum atomic E-state index is -0.184. The van der Waals surface area contributed by atoms with Crippen molar-refractivity contribution in [2.45, 2.75) is 26.3 Å². The molecule has 1 aromatic carbocycles. The molecule has 1 atom stereocenters. The number of rotatable bonds is 5. The van der Waals surface area contributed by atoms with Crippen LogP contribution in [-0.4, -0.2) is 43.1 Å². The van der Waals surface area contributed by atoms with E-state index < -0.39 is 0 Å². The van der Waals surface area contributed by atoms with E-state index >= 15 is 0 Å². The number of halogens is 1. The summed E-state index contributed by atoms with van der Waals surface area (Å²) in [5.41, 5.74) is 1.22. The van der Waals surface area contributed by atoms with E-state index in [1.807, 2.05) is 38.1 Å². The molecule has 1 fully saturated rings. The number of nitrogens with zero attached hydrogens (tertiary/aromatic N) is 3. The van der Waals surface area contributed by atoms with Crippen LogP contribution in [0, 0.1) is 5.82 Å². The smallest absolute Gasteiger partial charge is 0.253 e. The van der Waals surface area contributed by atoms with Crippen LogP contribution in [0.3, 0.4) is 0 Å². The summed E-state index contributed by atoms with van der Waals surface area (Å²) in [4.78, 5) is 20.8. The fraction of sp³-hybridized carbons (Fsp3) is 0.400. The molecule has 1 N–H and O–H groups in total. The summed E-state index contributed by atoms with van der Waals surface area (Å²) in [6.45, 7) is 7.01. The van der Waals surface area contributed by atoms with Gasteiger partial charge in [0.25, 0.3) is 5.91 Å². The second kappa shape index (κ2) is 8.17. The zero-order valence-corrected chi connectivity index (χ0v) is 15.3. The zero-order valence-electron chi connectivity index (χ0n) is 15.3. The predicted molar refractivity (Wildman–Crippen MR) is 102 cm³/mol. The number of pyridine rings is 1. The van der Waals surface area contributed by atoms with Gasteiger partial charge in [-0.1, -0.05) is 19.1 Å². The molecule has 0 radical (unpaired) electrons. The predicted octanol–water partition coefficient (Wildman–Crippen LogP) is 3.08. The van der Waals surface area contributed by atoms with Gasteiger partial charge in [-0.15, -0.1) is 0 Å². The van der Waals surface area contributed by atoms with Gasteiger partial charge in [0.2, 0.25) is 0 Å². The van der Waals surface area contributed by atoms with Crippen LogP contribution in [0.4, 0.5) is 15.9 Å². The van der Waals surface area contributed by atoms with Crippen LogP contribution < -0.4 is 15.1 Å². The van der Waals surface area contributed by atoms with Gasteiger partial charge in [0.1, 0.15) is 11.6 Å². The zero-order chi connectivity index (χ0) is 18.5. The van der Waals surface area contributed by atoms with Crippen LogP contribution in [0.5, 0.6) is 0 Å². The van der Waals surface area contributed by atoms with Crippen molar-refractivity contribution >= 4 is 17.4 Å². The topological polar surface area (TPSA) is 48.5 Å². The second-order valence-corrected chi connectivity index (χ2v) is 6.61. The minimum absolute atomic E-state index is 0.0947. The Morgan fingerprint density at radius 3 is 2.46 bits per heavy atom. The van der Waals surface area contributed by atoms with E-state index in [0.29, 0.717) is 11.3 Å². The number of hydrogen-bond acceptors (Lipinski definition) is 4. The van der Waals surface area contributed by atoms with E-state index in [9.17, 15) is 9.18 Å². The highest BCUT2D eigenvalue weighted by molar-refractivity contribution is 5.94. The highest BCUT2D eigenvalue weighted by Crippen LogP contribution is 2.22. The number of hydrogen-bond donors (Lipinski definition) is 1. The Balaban J connectivity index is 1.60. The highest BCUT2D eigenvalue weighted by atomic mass is 19.1. The van der Waals surface area contributed by atoms with Gasteiger partial charge in [0.05, 0.1) is 11.3 Å². The Labute approximate surface area is 153 Å². The number of piperazine rings is 1. The Kier molecular flexibility index (Phi) is 5.71. The van der Waals surface area contributed by atoms with Gasteiger partial charge in [-0.2, -0.15) is 0 Å². The number of benzene rings is 1. The lowest BCUT2D eigenvalue weighted by atomic mass is 10.2. The maximum absolute atomic E-state index is 13.9. The van der Waals surface area contributed by atoms with Crippen molar-refractivity contribution in [2.24, 2.45) is 0 Å². The van der Waals surface area contributed by atoms with Gasteiger partial charge < -0.3 is 15.1 Å². The number of nitrogens with one attached hydrogen (secondary N) is 1. The number of aromatic nitrogens is 1. The van der Waals surface area contributed by atoms with Crippen LogP contribution in [0.2, 0.25) is 0 Å². The highest BCUT2D eigenvalue weighted by Gasteiger charge is 2.20. The largest absolute Gasteiger partial charge is 0.366 e. The minimum Gasteiger partial charge on any atom is -0.366 e. The third kappa shape index (κ3) is 4.12. The first-order chi connectivity index (χ1) is 12.6. The van der Waals surface area contributed by atoms with Gasteiger partial charge >= 0.3 is 0 Å². The molecule has 1 saturated heterocycles. The monoisotopic (exact) mass is 356 g/mol. The maximum atomic E-state index is 13.9. The van der Waals surface area contributed by atoms with Gasteiger partial charge in [-0.25, -0.2) is 9.37 Å². The van der Waals surface area contributed by atoms with E-state index in [1.54, 1.807) is 12.3 Å². The summed E-state index contributed by atoms with van der Waals surface area (Å²) in [6, 6.07) is 10.7. The van der Waals surface area contributed by atoms with Gasteiger partial charge in [-0.05, 0) is 37.6 Å². The Hall–Kier alpha value is -2.63. The molecule has 1 amide bonds. The van der Waals surface area contributed by atoms with Crippen molar-refractivity contribution in [3.8, 4) is 0 Å². The summed E-state index contributed by atoms with van der Waals surface area (Å²) in [5.74, 6) is 0.566. The molecular weight excluding hydrogens is 331 g/mol. The van der Waals surface area contributed by atoms with Gasteiger partial charge in [-0.3, -0.25) is 4.79 Å². The maximum Gasteiger partial charge on any atom is 0.253 e. The normalized spacial score (nSPS) is 15.7. The SMILES string of the molecule is CCC(C)NC(=O)c1ccc(N2CCN(c3ccccc3F)CC2)nc1. The van der Waals surface area contributed by atoms with E-state index in [4.69, 9.17) is 0 Å². The van der Waals surface area contributed by atoms with Crippen LogP contribution in [0.15, 0.2) is 42.6 Å². The Morgan fingerprint density at radius 1 is 1.15 bits per heavy atom. The van der Waals surface area contributed by atoms with E-state index in [0.717, 1.165) is 38.4 Å². The van der Waals surface area contributed by atoms with Crippen LogP contribution in [0.1, 0.15) is 30.6 Å². The molecule has 2 heterocycles. The molecule has 138 valence electrons. The van der Waals surface area contributed by atoms with E-state index in [-0.39, 0.29) is 17.8 Å². The standard InChI is InChI=1S/C20H25FN4O/c1-3-15(2)23-20(26)16-8-9-19(22-14-16)25-12-10-24(11-13-25)18-7-5-4-6-17(18)21/h4-9,14-15H,3,10-13H2,1-2H3,(H,23,26). The van der Waals surface area contributed by atoms with Gasteiger partial charge in [0.15, 0.2) is 0 Å². The number of carbonyl (C=O) groups excluding carboxylic acids is 1. The van der Waals surface area contributed by atoms with Crippen molar-refractivity contribution in [3.05, 3.63) is 54.0 Å². The second-order valence-electron chi connectivity index (χ2n) is 6.61. The van der Waals surface area contributed by atoms with E-state index in [2.05, 4.69) is 20.1 Å². The molecule has 3 rings (SSSR count). The number of carbonyl (C=O) groups is 1. The first kappa shape index (κ1) is 18.2. The Bertz CT molecular complexity index is 742. The summed E-state index contributed by atoms with van der Waals surface area (Å²) < 4.78 is 13.9. The molecule has 0 spiro atoms. The van der Waals surface area contributed by atoms with Gasteiger partial charge in [0, 0.05) is 38.4 Å². The quantitative estimate of drug-likeness (QED) is 0.894. The number of anilines is 2. The lowest BCUT2D eigenvalue weighted by Gasteiger charge is -2.36. The summed E-state index contributed by atoms with van der Waals surface area (Å²) in [6.07, 6.45) is 2.51. The van der Waals surface area contributed by atoms with Crippen molar-refractivity contribution in [3.63, 3.8) is 0 Å². The van der Waals surface area contributed by atoms with Crippen molar-refractivity contribution in [1.29, 1.82) is 0 Å². The van der Waals surface area contributed by atoms with Crippen LogP contribution in [-0.2, 0) is 0 Å². The third-order valence-corrected chi connectivity index (χ3v) is 4.80. The molecule has 26 heavy (non-hydrogen) atoms. The molecule has 1 aromatic heterocycles. The molecule has 6 heteroatoms. The first-order valence-electron chi connectivity index (χ1n) is 9.10. The molecule has 0 bridgehead atoms. The fourth-order valence-corrected chi connectivity index (χ4v) is 3.00. The third-order valence-electron chi connectivity index (χ3n) is 4.80. The lowest BCUT2D eigenvalue weighted by Crippen LogP contribution is -2.47. The molecule has 0 saturated carbocycles. The summed E-state index contributed by atoms with van der Waals surface area (Å²) in [7, 11) is 0. The average molecular weight is 356 g/mol. The van der Waals surface area contributed by atoms with Crippen LogP contribution >= 0.6 is 0 Å². The number of para-hydroxylation sites is 1. The molecule has 2 aromatic rings. The molecule has 1 unspecified atom stereocenters.